The minimum absolute atomic E-state index is 0. The van der Waals surface area contributed by atoms with Crippen molar-refractivity contribution in [3.8, 4) is 10.6 Å². The SMILES string of the molecule is Cl.N=c1ccc(-c2cccs2)nn1CCCC(=O)O. The molecule has 0 radical (unpaired) electrons. The van der Waals surface area contributed by atoms with E-state index in [-0.39, 0.29) is 18.8 Å². The molecule has 0 saturated carbocycles. The zero-order chi connectivity index (χ0) is 13.0. The molecule has 0 fully saturated rings. The smallest absolute Gasteiger partial charge is 0.303 e. The fraction of sp³-hybridized carbons (Fsp3) is 0.250. The number of carboxylic acids is 1. The van der Waals surface area contributed by atoms with E-state index in [0.29, 0.717) is 18.5 Å². The van der Waals surface area contributed by atoms with E-state index in [1.807, 2.05) is 23.6 Å². The van der Waals surface area contributed by atoms with Crippen LogP contribution in [0, 0.1) is 5.41 Å². The van der Waals surface area contributed by atoms with Gasteiger partial charge < -0.3 is 5.11 Å². The average molecular weight is 300 g/mol. The predicted molar refractivity (Wildman–Crippen MR) is 75.5 cm³/mol. The summed E-state index contributed by atoms with van der Waals surface area (Å²) in [7, 11) is 0. The van der Waals surface area contributed by atoms with Gasteiger partial charge in [0.15, 0.2) is 0 Å². The summed E-state index contributed by atoms with van der Waals surface area (Å²) in [4.78, 5) is 11.5. The van der Waals surface area contributed by atoms with Crippen molar-refractivity contribution in [1.29, 1.82) is 5.41 Å². The van der Waals surface area contributed by atoms with E-state index in [4.69, 9.17) is 10.5 Å². The number of halogens is 1. The van der Waals surface area contributed by atoms with Gasteiger partial charge in [-0.3, -0.25) is 10.2 Å². The molecule has 2 rings (SSSR count). The molecule has 0 aliphatic rings. The number of carboxylic acid groups (broad SMARTS) is 1. The van der Waals surface area contributed by atoms with Crippen molar-refractivity contribution in [3.63, 3.8) is 0 Å². The first-order chi connectivity index (χ1) is 8.66. The molecular weight excluding hydrogens is 286 g/mol. The summed E-state index contributed by atoms with van der Waals surface area (Å²) < 4.78 is 1.54. The van der Waals surface area contributed by atoms with Gasteiger partial charge in [0.25, 0.3) is 0 Å². The topological polar surface area (TPSA) is 79.0 Å². The summed E-state index contributed by atoms with van der Waals surface area (Å²) in [6.45, 7) is 0.449. The quantitative estimate of drug-likeness (QED) is 0.889. The Kier molecular flexibility index (Phi) is 5.72. The monoisotopic (exact) mass is 299 g/mol. The first kappa shape index (κ1) is 15.4. The van der Waals surface area contributed by atoms with Gasteiger partial charge in [-0.15, -0.1) is 23.7 Å². The van der Waals surface area contributed by atoms with Crippen LogP contribution in [0.1, 0.15) is 12.8 Å². The van der Waals surface area contributed by atoms with Crippen LogP contribution in [0.4, 0.5) is 0 Å². The number of carbonyl (C=O) groups is 1. The van der Waals surface area contributed by atoms with Gasteiger partial charge >= 0.3 is 5.97 Å². The van der Waals surface area contributed by atoms with Crippen molar-refractivity contribution in [2.75, 3.05) is 0 Å². The third-order valence-electron chi connectivity index (χ3n) is 2.44. The highest BCUT2D eigenvalue weighted by atomic mass is 35.5. The summed E-state index contributed by atoms with van der Waals surface area (Å²) in [6.07, 6.45) is 0.574. The molecule has 7 heteroatoms. The number of aliphatic carboxylic acids is 1. The van der Waals surface area contributed by atoms with E-state index in [1.54, 1.807) is 17.4 Å². The summed E-state index contributed by atoms with van der Waals surface area (Å²) in [5, 5.41) is 22.7. The van der Waals surface area contributed by atoms with Crippen molar-refractivity contribution in [3.05, 3.63) is 35.1 Å². The molecule has 19 heavy (non-hydrogen) atoms. The van der Waals surface area contributed by atoms with Crippen molar-refractivity contribution in [2.45, 2.75) is 19.4 Å². The summed E-state index contributed by atoms with van der Waals surface area (Å²) >= 11 is 1.59. The predicted octanol–water partition coefficient (Wildman–Crippen LogP) is 2.38. The zero-order valence-corrected chi connectivity index (χ0v) is 11.7. The van der Waals surface area contributed by atoms with Crippen LogP contribution in [0.15, 0.2) is 29.6 Å². The molecule has 2 heterocycles. The molecule has 2 aromatic heterocycles. The van der Waals surface area contributed by atoms with Crippen molar-refractivity contribution >= 4 is 29.7 Å². The standard InChI is InChI=1S/C12H13N3O2S.ClH/c13-11-6-5-9(10-3-2-8-18-10)14-15(11)7-1-4-12(16)17;/h2-3,5-6,8,13H,1,4,7H2,(H,16,17);1H. The molecule has 0 aromatic carbocycles. The molecule has 0 bridgehead atoms. The van der Waals surface area contributed by atoms with Gasteiger partial charge in [-0.1, -0.05) is 6.07 Å². The number of aromatic nitrogens is 2. The Morgan fingerprint density at radius 2 is 2.21 bits per heavy atom. The van der Waals surface area contributed by atoms with Crippen LogP contribution in [0.3, 0.4) is 0 Å². The van der Waals surface area contributed by atoms with E-state index in [0.717, 1.165) is 10.6 Å². The van der Waals surface area contributed by atoms with Gasteiger partial charge in [0.05, 0.1) is 4.88 Å². The molecule has 2 N–H and O–H groups in total. The maximum Gasteiger partial charge on any atom is 0.303 e. The second-order valence-corrected chi connectivity index (χ2v) is 4.75. The van der Waals surface area contributed by atoms with E-state index >= 15 is 0 Å². The van der Waals surface area contributed by atoms with E-state index in [2.05, 4.69) is 5.10 Å². The Bertz CT molecular complexity index is 595. The number of aryl methyl sites for hydroxylation is 1. The zero-order valence-electron chi connectivity index (χ0n) is 10.1. The fourth-order valence-electron chi connectivity index (χ4n) is 1.57. The molecule has 0 saturated heterocycles. The Balaban J connectivity index is 0.00000180. The Morgan fingerprint density at radius 3 is 2.84 bits per heavy atom. The van der Waals surface area contributed by atoms with Crippen LogP contribution in [-0.4, -0.2) is 20.9 Å². The lowest BCUT2D eigenvalue weighted by Gasteiger charge is -2.06. The van der Waals surface area contributed by atoms with Gasteiger partial charge in [0, 0.05) is 13.0 Å². The van der Waals surface area contributed by atoms with Crippen LogP contribution in [0.5, 0.6) is 0 Å². The molecule has 0 aliphatic heterocycles. The Hall–Kier alpha value is -1.66. The highest BCUT2D eigenvalue weighted by Crippen LogP contribution is 2.21. The molecule has 0 spiro atoms. The fourth-order valence-corrected chi connectivity index (χ4v) is 2.26. The Labute approximate surface area is 120 Å². The number of hydrogen-bond donors (Lipinski definition) is 2. The van der Waals surface area contributed by atoms with E-state index in [1.165, 1.54) is 4.68 Å². The minimum Gasteiger partial charge on any atom is -0.481 e. The number of nitrogens with zero attached hydrogens (tertiary/aromatic N) is 2. The van der Waals surface area contributed by atoms with Gasteiger partial charge in [0.2, 0.25) is 0 Å². The highest BCUT2D eigenvalue weighted by molar-refractivity contribution is 7.13. The minimum atomic E-state index is -0.823. The summed E-state index contributed by atoms with van der Waals surface area (Å²) in [6, 6.07) is 7.41. The molecule has 102 valence electrons. The molecule has 2 aromatic rings. The van der Waals surface area contributed by atoms with Crippen molar-refractivity contribution < 1.29 is 9.90 Å². The second kappa shape index (κ2) is 7.06. The maximum absolute atomic E-state index is 10.5. The lowest BCUT2D eigenvalue weighted by molar-refractivity contribution is -0.137. The van der Waals surface area contributed by atoms with Crippen LogP contribution in [-0.2, 0) is 11.3 Å². The largest absolute Gasteiger partial charge is 0.481 e. The molecule has 0 aliphatic carbocycles. The van der Waals surface area contributed by atoms with Crippen molar-refractivity contribution in [1.82, 2.24) is 9.78 Å². The normalized spacial score (nSPS) is 9.89. The third-order valence-corrected chi connectivity index (χ3v) is 3.33. The lowest BCUT2D eigenvalue weighted by atomic mass is 10.3. The van der Waals surface area contributed by atoms with Gasteiger partial charge in [-0.2, -0.15) is 5.10 Å². The third kappa shape index (κ3) is 4.18. The first-order valence-corrected chi connectivity index (χ1v) is 6.43. The number of thiophene rings is 1. The summed E-state index contributed by atoms with van der Waals surface area (Å²) in [5.74, 6) is -0.823. The van der Waals surface area contributed by atoms with Crippen LogP contribution in [0.25, 0.3) is 10.6 Å². The number of rotatable bonds is 5. The molecule has 0 amide bonds. The molecular formula is C12H14ClN3O2S. The number of hydrogen-bond acceptors (Lipinski definition) is 4. The lowest BCUT2D eigenvalue weighted by Crippen LogP contribution is -2.22. The van der Waals surface area contributed by atoms with Gasteiger partial charge in [-0.25, -0.2) is 4.68 Å². The number of nitrogens with one attached hydrogen (secondary N) is 1. The second-order valence-electron chi connectivity index (χ2n) is 3.80. The summed E-state index contributed by atoms with van der Waals surface area (Å²) in [5.41, 5.74) is 1.11. The van der Waals surface area contributed by atoms with E-state index in [9.17, 15) is 4.79 Å². The molecule has 5 nitrogen and oxygen atoms in total. The van der Waals surface area contributed by atoms with Crippen LogP contribution in [0.2, 0.25) is 0 Å². The van der Waals surface area contributed by atoms with Gasteiger partial charge in [-0.05, 0) is 30.0 Å². The van der Waals surface area contributed by atoms with E-state index < -0.39 is 5.97 Å². The van der Waals surface area contributed by atoms with Crippen LogP contribution >= 0.6 is 23.7 Å². The maximum atomic E-state index is 10.5. The van der Waals surface area contributed by atoms with Gasteiger partial charge in [0.1, 0.15) is 11.2 Å². The molecule has 0 atom stereocenters. The molecule has 0 unspecified atom stereocenters. The average Bonchev–Trinajstić information content (AvgIpc) is 2.84. The Morgan fingerprint density at radius 1 is 1.42 bits per heavy atom. The van der Waals surface area contributed by atoms with Crippen LogP contribution < -0.4 is 5.49 Å². The highest BCUT2D eigenvalue weighted by Gasteiger charge is 2.03. The first-order valence-electron chi connectivity index (χ1n) is 5.55. The van der Waals surface area contributed by atoms with Crippen molar-refractivity contribution in [2.24, 2.45) is 0 Å².